The molecule has 0 aromatic heterocycles. The molecule has 3 amide bonds. The Kier molecular flexibility index (Phi) is 4.88. The summed E-state index contributed by atoms with van der Waals surface area (Å²) in [5, 5.41) is 0. The normalized spacial score (nSPS) is 26.7. The fraction of sp³-hybridized carbons (Fsp3) is 0.750. The van der Waals surface area contributed by atoms with E-state index < -0.39 is 23.3 Å². The van der Waals surface area contributed by atoms with Gasteiger partial charge in [0, 0.05) is 0 Å². The Labute approximate surface area is 112 Å². The minimum Gasteiger partial charge on any atom is -0.368 e. The standard InChI is InChI=1S/C12H22N4O3/c1-8-3-2-4-12(15,5-8)11(19)16(6-9(13)17)7-10(14)18/h8H,2-7,15H2,1H3,(H2,13,17)(H2,14,18). The van der Waals surface area contributed by atoms with Gasteiger partial charge in [-0.2, -0.15) is 0 Å². The maximum atomic E-state index is 12.4. The van der Waals surface area contributed by atoms with E-state index >= 15 is 0 Å². The number of rotatable bonds is 5. The Hall–Kier alpha value is -1.63. The third-order valence-electron chi connectivity index (χ3n) is 3.44. The van der Waals surface area contributed by atoms with Crippen LogP contribution < -0.4 is 17.2 Å². The SMILES string of the molecule is CC1CCCC(N)(C(=O)N(CC(N)=O)CC(N)=O)C1. The van der Waals surface area contributed by atoms with E-state index in [1.165, 1.54) is 0 Å². The van der Waals surface area contributed by atoms with Gasteiger partial charge in [0.15, 0.2) is 0 Å². The Morgan fingerprint density at radius 2 is 1.74 bits per heavy atom. The van der Waals surface area contributed by atoms with Gasteiger partial charge < -0.3 is 22.1 Å². The summed E-state index contributed by atoms with van der Waals surface area (Å²) in [7, 11) is 0. The largest absolute Gasteiger partial charge is 0.368 e. The van der Waals surface area contributed by atoms with Gasteiger partial charge in [0.05, 0.1) is 18.6 Å². The van der Waals surface area contributed by atoms with Gasteiger partial charge in [-0.05, 0) is 18.8 Å². The number of hydrogen-bond donors (Lipinski definition) is 3. The van der Waals surface area contributed by atoms with Gasteiger partial charge in [-0.3, -0.25) is 14.4 Å². The summed E-state index contributed by atoms with van der Waals surface area (Å²) in [5.41, 5.74) is 15.3. The number of carbonyl (C=O) groups is 3. The Balaban J connectivity index is 2.84. The van der Waals surface area contributed by atoms with E-state index in [4.69, 9.17) is 17.2 Å². The molecule has 1 fully saturated rings. The van der Waals surface area contributed by atoms with Gasteiger partial charge in [0.1, 0.15) is 0 Å². The van der Waals surface area contributed by atoms with Gasteiger partial charge in [0.2, 0.25) is 17.7 Å². The van der Waals surface area contributed by atoms with Crippen molar-refractivity contribution in [3.63, 3.8) is 0 Å². The maximum absolute atomic E-state index is 12.4. The monoisotopic (exact) mass is 270 g/mol. The molecular formula is C12H22N4O3. The fourth-order valence-corrected chi connectivity index (χ4v) is 2.68. The Bertz CT molecular complexity index is 369. The molecule has 6 N–H and O–H groups in total. The first-order valence-electron chi connectivity index (χ1n) is 6.39. The van der Waals surface area contributed by atoms with E-state index in [-0.39, 0.29) is 13.1 Å². The average molecular weight is 270 g/mol. The first kappa shape index (κ1) is 15.4. The number of hydrogen-bond acceptors (Lipinski definition) is 4. The molecule has 0 aromatic rings. The van der Waals surface area contributed by atoms with Crippen LogP contribution >= 0.6 is 0 Å². The van der Waals surface area contributed by atoms with Crippen LogP contribution in [-0.2, 0) is 14.4 Å². The van der Waals surface area contributed by atoms with Crippen LogP contribution in [0.1, 0.15) is 32.6 Å². The molecule has 1 aliphatic carbocycles. The van der Waals surface area contributed by atoms with Crippen molar-refractivity contribution in [3.05, 3.63) is 0 Å². The van der Waals surface area contributed by atoms with Gasteiger partial charge in [-0.1, -0.05) is 19.8 Å². The second-order valence-corrected chi connectivity index (χ2v) is 5.45. The molecule has 7 nitrogen and oxygen atoms in total. The number of nitrogens with two attached hydrogens (primary N) is 3. The highest BCUT2D eigenvalue weighted by Crippen LogP contribution is 2.31. The van der Waals surface area contributed by atoms with Crippen molar-refractivity contribution in [3.8, 4) is 0 Å². The van der Waals surface area contributed by atoms with Gasteiger partial charge in [-0.15, -0.1) is 0 Å². The molecule has 0 radical (unpaired) electrons. The van der Waals surface area contributed by atoms with Crippen LogP contribution in [0.2, 0.25) is 0 Å². The number of primary amides is 2. The fourth-order valence-electron chi connectivity index (χ4n) is 2.68. The highest BCUT2D eigenvalue weighted by molar-refractivity contribution is 5.92. The second kappa shape index (κ2) is 6.01. The molecule has 0 bridgehead atoms. The summed E-state index contributed by atoms with van der Waals surface area (Å²) in [4.78, 5) is 35.4. The summed E-state index contributed by atoms with van der Waals surface area (Å²) in [6.07, 6.45) is 2.96. The predicted octanol–water partition coefficient (Wildman–Crippen LogP) is -1.31. The zero-order valence-corrected chi connectivity index (χ0v) is 11.2. The molecule has 1 saturated carbocycles. The molecule has 0 aromatic carbocycles. The predicted molar refractivity (Wildman–Crippen MR) is 69.5 cm³/mol. The third kappa shape index (κ3) is 4.20. The quantitative estimate of drug-likeness (QED) is 0.572. The van der Waals surface area contributed by atoms with Crippen LogP contribution in [0.15, 0.2) is 0 Å². The molecule has 2 unspecified atom stereocenters. The molecule has 108 valence electrons. The molecular weight excluding hydrogens is 248 g/mol. The van der Waals surface area contributed by atoms with E-state index in [1.54, 1.807) is 0 Å². The van der Waals surface area contributed by atoms with E-state index in [0.717, 1.165) is 17.7 Å². The summed E-state index contributed by atoms with van der Waals surface area (Å²) in [6, 6.07) is 0. The topological polar surface area (TPSA) is 133 Å². The van der Waals surface area contributed by atoms with Crippen molar-refractivity contribution in [2.75, 3.05) is 13.1 Å². The number of amides is 3. The molecule has 1 aliphatic rings. The average Bonchev–Trinajstić information content (AvgIpc) is 2.25. The number of carbonyl (C=O) groups excluding carboxylic acids is 3. The lowest BCUT2D eigenvalue weighted by molar-refractivity contribution is -0.143. The van der Waals surface area contributed by atoms with Crippen LogP contribution in [-0.4, -0.2) is 41.2 Å². The summed E-state index contributed by atoms with van der Waals surface area (Å²) in [5.74, 6) is -1.47. The molecule has 0 spiro atoms. The lowest BCUT2D eigenvalue weighted by Gasteiger charge is -2.38. The van der Waals surface area contributed by atoms with Crippen LogP contribution in [0.25, 0.3) is 0 Å². The molecule has 0 heterocycles. The summed E-state index contributed by atoms with van der Waals surface area (Å²) < 4.78 is 0. The summed E-state index contributed by atoms with van der Waals surface area (Å²) >= 11 is 0. The van der Waals surface area contributed by atoms with Crippen LogP contribution in [0.3, 0.4) is 0 Å². The van der Waals surface area contributed by atoms with E-state index in [2.05, 4.69) is 0 Å². The smallest absolute Gasteiger partial charge is 0.243 e. The lowest BCUT2D eigenvalue weighted by atomic mass is 9.76. The summed E-state index contributed by atoms with van der Waals surface area (Å²) in [6.45, 7) is 1.35. The van der Waals surface area contributed by atoms with Crippen molar-refractivity contribution < 1.29 is 14.4 Å². The molecule has 7 heteroatoms. The maximum Gasteiger partial charge on any atom is 0.243 e. The van der Waals surface area contributed by atoms with E-state index in [1.807, 2.05) is 6.92 Å². The first-order valence-corrected chi connectivity index (χ1v) is 6.39. The minimum absolute atomic E-state index is 0.338. The second-order valence-electron chi connectivity index (χ2n) is 5.45. The Morgan fingerprint density at radius 1 is 1.21 bits per heavy atom. The van der Waals surface area contributed by atoms with Crippen molar-refractivity contribution >= 4 is 17.7 Å². The molecule has 19 heavy (non-hydrogen) atoms. The van der Waals surface area contributed by atoms with Crippen molar-refractivity contribution in [1.29, 1.82) is 0 Å². The molecule has 0 aliphatic heterocycles. The zero-order valence-electron chi connectivity index (χ0n) is 11.2. The van der Waals surface area contributed by atoms with Crippen LogP contribution in [0.5, 0.6) is 0 Å². The highest BCUT2D eigenvalue weighted by atomic mass is 16.2. The van der Waals surface area contributed by atoms with E-state index in [9.17, 15) is 14.4 Å². The zero-order chi connectivity index (χ0) is 14.6. The van der Waals surface area contributed by atoms with Crippen molar-refractivity contribution in [2.45, 2.75) is 38.1 Å². The lowest BCUT2D eigenvalue weighted by Crippen LogP contribution is -2.59. The van der Waals surface area contributed by atoms with E-state index in [0.29, 0.717) is 18.8 Å². The third-order valence-corrected chi connectivity index (χ3v) is 3.44. The van der Waals surface area contributed by atoms with Gasteiger partial charge in [0.25, 0.3) is 0 Å². The van der Waals surface area contributed by atoms with Crippen LogP contribution in [0.4, 0.5) is 0 Å². The number of nitrogens with zero attached hydrogens (tertiary/aromatic N) is 1. The molecule has 0 saturated heterocycles. The molecule has 2 atom stereocenters. The van der Waals surface area contributed by atoms with Crippen LogP contribution in [0, 0.1) is 5.92 Å². The highest BCUT2D eigenvalue weighted by Gasteiger charge is 2.41. The van der Waals surface area contributed by atoms with Crippen molar-refractivity contribution in [2.24, 2.45) is 23.1 Å². The minimum atomic E-state index is -1.03. The van der Waals surface area contributed by atoms with Gasteiger partial charge >= 0.3 is 0 Å². The van der Waals surface area contributed by atoms with Crippen molar-refractivity contribution in [1.82, 2.24) is 4.90 Å². The first-order chi connectivity index (χ1) is 8.74. The Morgan fingerprint density at radius 3 is 2.16 bits per heavy atom. The molecule has 1 rings (SSSR count). The van der Waals surface area contributed by atoms with Gasteiger partial charge in [-0.25, -0.2) is 0 Å².